The quantitative estimate of drug-likeness (QED) is 0.0443. The van der Waals surface area contributed by atoms with E-state index in [0.717, 1.165) is 30.2 Å². The summed E-state index contributed by atoms with van der Waals surface area (Å²) < 4.78 is 0.819. The van der Waals surface area contributed by atoms with E-state index in [0.29, 0.717) is 17.7 Å². The Balaban J connectivity index is 1.58. The second-order valence-electron chi connectivity index (χ2n) is 10.9. The van der Waals surface area contributed by atoms with Crippen molar-refractivity contribution < 1.29 is 19.6 Å². The van der Waals surface area contributed by atoms with Gasteiger partial charge in [0.25, 0.3) is 17.4 Å². The first-order valence-corrected chi connectivity index (χ1v) is 15.9. The summed E-state index contributed by atoms with van der Waals surface area (Å²) in [7, 11) is 0. The molecule has 1 aliphatic heterocycles. The third-order valence-corrected chi connectivity index (χ3v) is 8.36. The van der Waals surface area contributed by atoms with Crippen molar-refractivity contribution >= 4 is 39.1 Å². The van der Waals surface area contributed by atoms with Crippen LogP contribution in [0.5, 0.6) is 0 Å². The molecule has 0 aromatic heterocycles. The standard InChI is InChI=1S/C33H43BrN2O5/c1-2-3-4-5-6-7-8-9-10-11-12-13-14-15-24-35-30(25-18-22-28(23-19-25)36(40)41)29(32(38)33(35)39)31(37)26-16-20-27(34)21-17-26/h16-23,30,37H,2-15,24H2,1H3/b31-29+/t30-/m1/s1. The molecule has 1 N–H and O–H groups in total. The van der Waals surface area contributed by atoms with E-state index in [1.165, 1.54) is 81.2 Å². The lowest BCUT2D eigenvalue weighted by Gasteiger charge is -2.25. The molecule has 7 nitrogen and oxygen atoms in total. The van der Waals surface area contributed by atoms with Crippen LogP contribution in [0, 0.1) is 10.1 Å². The molecule has 0 bridgehead atoms. The van der Waals surface area contributed by atoms with E-state index in [9.17, 15) is 24.8 Å². The first-order valence-electron chi connectivity index (χ1n) is 15.1. The number of aliphatic hydroxyl groups is 1. The van der Waals surface area contributed by atoms with E-state index in [2.05, 4.69) is 22.9 Å². The van der Waals surface area contributed by atoms with Crippen LogP contribution in [0.15, 0.2) is 58.6 Å². The monoisotopic (exact) mass is 626 g/mol. The zero-order valence-corrected chi connectivity index (χ0v) is 25.7. The summed E-state index contributed by atoms with van der Waals surface area (Å²) in [5.41, 5.74) is 0.913. The van der Waals surface area contributed by atoms with Crippen molar-refractivity contribution in [3.63, 3.8) is 0 Å². The van der Waals surface area contributed by atoms with Gasteiger partial charge >= 0.3 is 0 Å². The van der Waals surface area contributed by atoms with Gasteiger partial charge in [-0.2, -0.15) is 0 Å². The molecule has 1 fully saturated rings. The van der Waals surface area contributed by atoms with E-state index in [1.807, 2.05) is 0 Å². The summed E-state index contributed by atoms with van der Waals surface area (Å²) in [5.74, 6) is -1.64. The number of carbonyl (C=O) groups is 2. The number of halogens is 1. The Morgan fingerprint density at radius 3 is 1.78 bits per heavy atom. The molecule has 1 heterocycles. The van der Waals surface area contributed by atoms with Crippen LogP contribution in [0.25, 0.3) is 5.76 Å². The molecular weight excluding hydrogens is 584 g/mol. The summed E-state index contributed by atoms with van der Waals surface area (Å²) in [4.78, 5) is 38.5. The average Bonchev–Trinajstić information content (AvgIpc) is 3.22. The van der Waals surface area contributed by atoms with Crippen molar-refractivity contribution in [2.24, 2.45) is 0 Å². The minimum absolute atomic E-state index is 0.0107. The summed E-state index contributed by atoms with van der Waals surface area (Å²) in [6.45, 7) is 2.62. The van der Waals surface area contributed by atoms with Gasteiger partial charge in [0.15, 0.2) is 0 Å². The number of hydrogen-bond acceptors (Lipinski definition) is 5. The van der Waals surface area contributed by atoms with Crippen LogP contribution < -0.4 is 0 Å². The number of likely N-dealkylation sites (tertiary alicyclic amines) is 1. The number of amides is 1. The normalized spacial score (nSPS) is 16.4. The number of hydrogen-bond donors (Lipinski definition) is 1. The van der Waals surface area contributed by atoms with Gasteiger partial charge in [-0.3, -0.25) is 19.7 Å². The number of non-ortho nitro benzene ring substituents is 1. The van der Waals surface area contributed by atoms with Crippen LogP contribution in [-0.4, -0.2) is 33.2 Å². The van der Waals surface area contributed by atoms with Gasteiger partial charge in [0, 0.05) is 28.7 Å². The lowest BCUT2D eigenvalue weighted by atomic mass is 9.95. The van der Waals surface area contributed by atoms with E-state index in [4.69, 9.17) is 0 Å². The zero-order chi connectivity index (χ0) is 29.6. The lowest BCUT2D eigenvalue weighted by molar-refractivity contribution is -0.384. The molecule has 0 spiro atoms. The smallest absolute Gasteiger partial charge is 0.295 e. The molecule has 1 amide bonds. The van der Waals surface area contributed by atoms with Crippen LogP contribution in [0.4, 0.5) is 5.69 Å². The number of ketones is 1. The molecule has 8 heteroatoms. The van der Waals surface area contributed by atoms with Crippen LogP contribution in [0.3, 0.4) is 0 Å². The summed E-state index contributed by atoms with van der Waals surface area (Å²) in [6.07, 6.45) is 17.1. The number of benzene rings is 2. The minimum atomic E-state index is -0.804. The molecule has 222 valence electrons. The van der Waals surface area contributed by atoms with Crippen LogP contribution >= 0.6 is 15.9 Å². The van der Waals surface area contributed by atoms with E-state index in [1.54, 1.807) is 36.4 Å². The van der Waals surface area contributed by atoms with E-state index < -0.39 is 22.7 Å². The molecule has 0 saturated carbocycles. The van der Waals surface area contributed by atoms with Gasteiger partial charge in [0.05, 0.1) is 16.5 Å². The Morgan fingerprint density at radius 2 is 1.29 bits per heavy atom. The molecule has 0 unspecified atom stereocenters. The predicted molar refractivity (Wildman–Crippen MR) is 167 cm³/mol. The number of Topliss-reactive ketones (excluding diaryl/α,β-unsaturated/α-hetero) is 1. The highest BCUT2D eigenvalue weighted by atomic mass is 79.9. The van der Waals surface area contributed by atoms with Gasteiger partial charge in [-0.25, -0.2) is 0 Å². The van der Waals surface area contributed by atoms with Gasteiger partial charge in [-0.15, -0.1) is 0 Å². The summed E-state index contributed by atoms with van der Waals surface area (Å²) in [5, 5.41) is 22.3. The zero-order valence-electron chi connectivity index (χ0n) is 24.2. The SMILES string of the molecule is CCCCCCCCCCCCCCCCN1C(=O)C(=O)/C(=C(/O)c2ccc(Br)cc2)[C@H]1c1ccc([N+](=O)[O-])cc1. The molecule has 0 aliphatic carbocycles. The fourth-order valence-corrected chi connectivity index (χ4v) is 5.74. The van der Waals surface area contributed by atoms with Crippen LogP contribution in [0.1, 0.15) is 114 Å². The highest BCUT2D eigenvalue weighted by Gasteiger charge is 2.45. The van der Waals surface area contributed by atoms with Gasteiger partial charge < -0.3 is 10.0 Å². The number of nitrogens with zero attached hydrogens (tertiary/aromatic N) is 2. The Bertz CT molecular complexity index is 1180. The topological polar surface area (TPSA) is 101 Å². The summed E-state index contributed by atoms with van der Waals surface area (Å²) in [6, 6.07) is 11.9. The van der Waals surface area contributed by atoms with Gasteiger partial charge in [-0.1, -0.05) is 118 Å². The Hall–Kier alpha value is -3.00. The van der Waals surface area contributed by atoms with Gasteiger partial charge in [0.2, 0.25) is 0 Å². The first kappa shape index (κ1) is 32.5. The Morgan fingerprint density at radius 1 is 0.805 bits per heavy atom. The molecule has 2 aromatic carbocycles. The number of aliphatic hydroxyl groups excluding tert-OH is 1. The van der Waals surface area contributed by atoms with E-state index in [-0.39, 0.29) is 17.0 Å². The second kappa shape index (κ2) is 17.1. The van der Waals surface area contributed by atoms with Crippen molar-refractivity contribution in [1.82, 2.24) is 4.90 Å². The summed E-state index contributed by atoms with van der Waals surface area (Å²) >= 11 is 3.37. The number of nitro groups is 1. The fraction of sp³-hybridized carbons (Fsp3) is 0.515. The number of unbranched alkanes of at least 4 members (excludes halogenated alkanes) is 13. The molecule has 1 saturated heterocycles. The lowest BCUT2D eigenvalue weighted by Crippen LogP contribution is -2.30. The second-order valence-corrected chi connectivity index (χ2v) is 11.9. The fourth-order valence-electron chi connectivity index (χ4n) is 5.48. The molecule has 2 aromatic rings. The maximum atomic E-state index is 13.2. The number of carbonyl (C=O) groups excluding carboxylic acids is 2. The van der Waals surface area contributed by atoms with E-state index >= 15 is 0 Å². The van der Waals surface area contributed by atoms with Gasteiger partial charge in [-0.05, 0) is 36.2 Å². The van der Waals surface area contributed by atoms with Crippen LogP contribution in [0.2, 0.25) is 0 Å². The molecule has 3 rings (SSSR count). The van der Waals surface area contributed by atoms with Crippen molar-refractivity contribution in [1.29, 1.82) is 0 Å². The highest BCUT2D eigenvalue weighted by Crippen LogP contribution is 2.40. The molecule has 1 aliphatic rings. The maximum Gasteiger partial charge on any atom is 0.295 e. The number of rotatable bonds is 18. The molecule has 0 radical (unpaired) electrons. The largest absolute Gasteiger partial charge is 0.507 e. The van der Waals surface area contributed by atoms with Crippen molar-refractivity contribution in [2.75, 3.05) is 6.54 Å². The van der Waals surface area contributed by atoms with Crippen LogP contribution in [-0.2, 0) is 9.59 Å². The highest BCUT2D eigenvalue weighted by molar-refractivity contribution is 9.10. The Labute approximate surface area is 252 Å². The maximum absolute atomic E-state index is 13.2. The first-order chi connectivity index (χ1) is 19.8. The Kier molecular flexibility index (Phi) is 13.5. The van der Waals surface area contributed by atoms with Crippen molar-refractivity contribution in [3.8, 4) is 0 Å². The van der Waals surface area contributed by atoms with Crippen molar-refractivity contribution in [2.45, 2.75) is 103 Å². The van der Waals surface area contributed by atoms with Gasteiger partial charge in [0.1, 0.15) is 5.76 Å². The average molecular weight is 628 g/mol. The number of nitro benzene ring substituents is 1. The third kappa shape index (κ3) is 9.52. The van der Waals surface area contributed by atoms with Crippen molar-refractivity contribution in [3.05, 3.63) is 79.8 Å². The molecule has 1 atom stereocenters. The minimum Gasteiger partial charge on any atom is -0.507 e. The molecule has 41 heavy (non-hydrogen) atoms. The predicted octanol–water partition coefficient (Wildman–Crippen LogP) is 9.26. The molecular formula is C33H43BrN2O5. The third-order valence-electron chi connectivity index (χ3n) is 7.83.